The minimum Gasteiger partial charge on any atom is -0.340 e. The van der Waals surface area contributed by atoms with E-state index in [1.165, 1.54) is 39.1 Å². The van der Waals surface area contributed by atoms with E-state index in [-0.39, 0.29) is 5.56 Å². The van der Waals surface area contributed by atoms with Gasteiger partial charge in [-0.3, -0.25) is 9.36 Å². The SMILES string of the molecule is C=c1s/c(=C/C2=Cc3c(n(CCC)c4ccccc34)C=C=C2)c(=O)n1CC.NCc1ccccc1. The lowest BCUT2D eigenvalue weighted by Crippen LogP contribution is -2.30. The van der Waals surface area contributed by atoms with Gasteiger partial charge in [-0.25, -0.2) is 0 Å². The lowest BCUT2D eigenvalue weighted by atomic mass is 10.1. The molecule has 5 rings (SSSR count). The molecule has 0 fully saturated rings. The Morgan fingerprint density at radius 3 is 2.43 bits per heavy atom. The Hall–Kier alpha value is -3.63. The van der Waals surface area contributed by atoms with Gasteiger partial charge in [-0.05, 0) is 48.8 Å². The fraction of sp³-hybridized carbons (Fsp3) is 0.200. The second kappa shape index (κ2) is 11.2. The molecule has 0 unspecified atom stereocenters. The van der Waals surface area contributed by atoms with Crippen LogP contribution < -0.4 is 20.5 Å². The van der Waals surface area contributed by atoms with Crippen molar-refractivity contribution in [3.63, 3.8) is 0 Å². The normalized spacial score (nSPS) is 12.8. The first kappa shape index (κ1) is 24.5. The number of hydrogen-bond donors (Lipinski definition) is 1. The average molecular weight is 482 g/mol. The van der Waals surface area contributed by atoms with Crippen molar-refractivity contribution >= 4 is 47.0 Å². The highest BCUT2D eigenvalue weighted by atomic mass is 32.1. The van der Waals surface area contributed by atoms with Crippen molar-refractivity contribution in [2.24, 2.45) is 5.73 Å². The molecule has 0 bridgehead atoms. The highest BCUT2D eigenvalue weighted by Gasteiger charge is 2.14. The summed E-state index contributed by atoms with van der Waals surface area (Å²) in [5, 5.41) is 1.23. The third-order valence-electron chi connectivity index (χ3n) is 5.96. The van der Waals surface area contributed by atoms with E-state index >= 15 is 0 Å². The number of thiazole rings is 1. The van der Waals surface area contributed by atoms with Gasteiger partial charge in [0.2, 0.25) is 0 Å². The fourth-order valence-electron chi connectivity index (χ4n) is 4.28. The van der Waals surface area contributed by atoms with Gasteiger partial charge in [0.15, 0.2) is 0 Å². The van der Waals surface area contributed by atoms with E-state index in [0.717, 1.165) is 23.2 Å². The second-order valence-electron chi connectivity index (χ2n) is 8.31. The zero-order valence-electron chi connectivity index (χ0n) is 20.3. The van der Waals surface area contributed by atoms with Crippen molar-refractivity contribution in [3.8, 4) is 0 Å². The average Bonchev–Trinajstić information content (AvgIpc) is 3.21. The van der Waals surface area contributed by atoms with Crippen molar-refractivity contribution in [1.82, 2.24) is 9.13 Å². The number of rotatable bonds is 5. The molecule has 178 valence electrons. The van der Waals surface area contributed by atoms with Gasteiger partial charge in [-0.15, -0.1) is 17.1 Å². The Bertz CT molecular complexity index is 1590. The first-order valence-electron chi connectivity index (χ1n) is 12.0. The molecular weight excluding hydrogens is 450 g/mol. The van der Waals surface area contributed by atoms with E-state index in [2.05, 4.69) is 54.1 Å². The van der Waals surface area contributed by atoms with Crippen LogP contribution in [0.5, 0.6) is 0 Å². The maximum absolute atomic E-state index is 12.6. The molecule has 0 saturated carbocycles. The minimum absolute atomic E-state index is 0.0312. The Balaban J connectivity index is 0.000000308. The molecule has 1 aliphatic carbocycles. The maximum Gasteiger partial charge on any atom is 0.269 e. The van der Waals surface area contributed by atoms with Crippen molar-refractivity contribution in [3.05, 3.63) is 108 Å². The summed E-state index contributed by atoms with van der Waals surface area (Å²) < 4.78 is 5.58. The summed E-state index contributed by atoms with van der Waals surface area (Å²) >= 11 is 1.44. The van der Waals surface area contributed by atoms with Crippen LogP contribution in [-0.2, 0) is 19.6 Å². The molecule has 2 aromatic heterocycles. The van der Waals surface area contributed by atoms with Gasteiger partial charge in [-0.1, -0.05) is 62.0 Å². The number of fused-ring (bicyclic) bond motifs is 3. The van der Waals surface area contributed by atoms with Crippen molar-refractivity contribution < 1.29 is 0 Å². The van der Waals surface area contributed by atoms with Crippen LogP contribution in [-0.4, -0.2) is 9.13 Å². The molecule has 0 aliphatic heterocycles. The van der Waals surface area contributed by atoms with Crippen LogP contribution in [0.2, 0.25) is 0 Å². The first-order valence-corrected chi connectivity index (χ1v) is 12.8. The molecule has 2 N–H and O–H groups in total. The van der Waals surface area contributed by atoms with Crippen LogP contribution >= 0.6 is 11.3 Å². The van der Waals surface area contributed by atoms with E-state index in [0.29, 0.717) is 17.6 Å². The molecule has 4 nitrogen and oxygen atoms in total. The van der Waals surface area contributed by atoms with Gasteiger partial charge in [0.25, 0.3) is 5.56 Å². The number of nitrogens with zero attached hydrogens (tertiary/aromatic N) is 2. The number of para-hydroxylation sites is 1. The lowest BCUT2D eigenvalue weighted by Gasteiger charge is -2.05. The van der Waals surface area contributed by atoms with Crippen LogP contribution in [0.15, 0.2) is 76.8 Å². The Kier molecular flexibility index (Phi) is 7.84. The molecular formula is C30H31N3OS. The quantitative estimate of drug-likeness (QED) is 0.413. The molecule has 2 heterocycles. The zero-order chi connectivity index (χ0) is 24.8. The van der Waals surface area contributed by atoms with Gasteiger partial charge in [-0.2, -0.15) is 0 Å². The van der Waals surface area contributed by atoms with Crippen LogP contribution in [0.3, 0.4) is 0 Å². The highest BCUT2D eigenvalue weighted by molar-refractivity contribution is 7.07. The summed E-state index contributed by atoms with van der Waals surface area (Å²) in [6.45, 7) is 10.4. The molecule has 0 amide bonds. The van der Waals surface area contributed by atoms with E-state index in [1.807, 2.05) is 55.5 Å². The van der Waals surface area contributed by atoms with Crippen LogP contribution in [0.1, 0.15) is 37.1 Å². The van der Waals surface area contributed by atoms with E-state index in [1.54, 1.807) is 4.57 Å². The van der Waals surface area contributed by atoms with E-state index < -0.39 is 0 Å². The molecule has 1 aliphatic rings. The highest BCUT2D eigenvalue weighted by Crippen LogP contribution is 2.31. The van der Waals surface area contributed by atoms with Crippen LogP contribution in [0, 0.1) is 0 Å². The molecule has 4 aromatic rings. The second-order valence-corrected chi connectivity index (χ2v) is 9.43. The Morgan fingerprint density at radius 2 is 1.77 bits per heavy atom. The summed E-state index contributed by atoms with van der Waals surface area (Å²) in [6.07, 6.45) is 9.19. The third kappa shape index (κ3) is 5.23. The number of allylic oxidation sites excluding steroid dienone is 2. The Labute approximate surface area is 210 Å². The topological polar surface area (TPSA) is 53.0 Å². The van der Waals surface area contributed by atoms with Crippen molar-refractivity contribution in [2.45, 2.75) is 39.9 Å². The number of aryl methyl sites for hydroxylation is 1. The first-order chi connectivity index (χ1) is 17.1. The molecule has 0 radical (unpaired) electrons. The monoisotopic (exact) mass is 481 g/mol. The summed E-state index contributed by atoms with van der Waals surface area (Å²) in [5.41, 5.74) is 14.4. The van der Waals surface area contributed by atoms with E-state index in [9.17, 15) is 4.79 Å². The predicted octanol–water partition coefficient (Wildman–Crippen LogP) is 4.90. The van der Waals surface area contributed by atoms with Gasteiger partial charge >= 0.3 is 0 Å². The van der Waals surface area contributed by atoms with Gasteiger partial charge in [0.05, 0.1) is 14.9 Å². The van der Waals surface area contributed by atoms with Gasteiger partial charge < -0.3 is 10.3 Å². The summed E-state index contributed by atoms with van der Waals surface area (Å²) in [7, 11) is 0. The fourth-order valence-corrected chi connectivity index (χ4v) is 5.25. The molecule has 0 atom stereocenters. The molecule has 2 aromatic carbocycles. The van der Waals surface area contributed by atoms with Crippen LogP contribution in [0.4, 0.5) is 0 Å². The van der Waals surface area contributed by atoms with Gasteiger partial charge in [0.1, 0.15) is 0 Å². The van der Waals surface area contributed by atoms with E-state index in [4.69, 9.17) is 5.73 Å². The standard InChI is InChI=1S/C23H22N2OS.C7H9N/c1-4-13-25-20-11-7-6-10-18(20)19-14-17(9-8-12-21(19)25)15-22-23(26)24(5-2)16(3)27-22;8-6-7-4-2-1-3-5-7/h6-7,9-12,14-15H,3-5,13H2,1-2H3;1-5H,6,8H2/b22-15+;. The number of aromatic nitrogens is 2. The van der Waals surface area contributed by atoms with Crippen LogP contribution in [0.25, 0.3) is 35.7 Å². The lowest BCUT2D eigenvalue weighted by molar-refractivity contribution is 0.698. The summed E-state index contributed by atoms with van der Waals surface area (Å²) in [5.74, 6) is 0. The number of benzene rings is 2. The summed E-state index contributed by atoms with van der Waals surface area (Å²) in [4.78, 5) is 12.6. The zero-order valence-corrected chi connectivity index (χ0v) is 21.1. The number of hydrogen-bond acceptors (Lipinski definition) is 3. The molecule has 0 saturated heterocycles. The minimum atomic E-state index is 0.0312. The summed E-state index contributed by atoms with van der Waals surface area (Å²) in [6, 6.07) is 18.5. The maximum atomic E-state index is 12.6. The Morgan fingerprint density at radius 1 is 1.03 bits per heavy atom. The third-order valence-corrected chi connectivity index (χ3v) is 6.93. The largest absolute Gasteiger partial charge is 0.340 e. The molecule has 0 spiro atoms. The van der Waals surface area contributed by atoms with Gasteiger partial charge in [0, 0.05) is 42.2 Å². The number of nitrogens with two attached hydrogens (primary N) is 1. The molecule has 35 heavy (non-hydrogen) atoms. The van der Waals surface area contributed by atoms with Crippen molar-refractivity contribution in [2.75, 3.05) is 0 Å². The van der Waals surface area contributed by atoms with Crippen molar-refractivity contribution in [1.29, 1.82) is 0 Å². The molecule has 5 heteroatoms. The smallest absolute Gasteiger partial charge is 0.269 e. The predicted molar refractivity (Wildman–Crippen MR) is 151 cm³/mol.